The molecule has 0 fully saturated rings. The Bertz CT molecular complexity index is 1010. The summed E-state index contributed by atoms with van der Waals surface area (Å²) in [4.78, 5) is 37.7. The summed E-state index contributed by atoms with van der Waals surface area (Å²) in [5, 5.41) is 11.8. The van der Waals surface area contributed by atoms with Crippen molar-refractivity contribution in [2.45, 2.75) is 0 Å². The number of hydrogen-bond donors (Lipinski definition) is 2. The van der Waals surface area contributed by atoms with Crippen molar-refractivity contribution in [2.75, 3.05) is 31.7 Å². The molecule has 2 heterocycles. The molecule has 0 atom stereocenters. The summed E-state index contributed by atoms with van der Waals surface area (Å²) in [6, 6.07) is 11.6. The SMILES string of the molecule is O=C(c1ccc(NC2=CC(=O)N(CCO)C2=O)cc1)c1ccc2c(c1)OCCO2. The molecular weight excluding hydrogens is 376 g/mol. The molecule has 0 aromatic heterocycles. The molecule has 8 nitrogen and oxygen atoms in total. The molecule has 0 aliphatic carbocycles. The Morgan fingerprint density at radius 1 is 1.00 bits per heavy atom. The van der Waals surface area contributed by atoms with E-state index >= 15 is 0 Å². The zero-order valence-electron chi connectivity index (χ0n) is 15.4. The molecule has 4 rings (SSSR count). The van der Waals surface area contributed by atoms with Crippen LogP contribution in [0.2, 0.25) is 0 Å². The van der Waals surface area contributed by atoms with Gasteiger partial charge in [-0.1, -0.05) is 0 Å². The van der Waals surface area contributed by atoms with Crippen molar-refractivity contribution >= 4 is 23.3 Å². The van der Waals surface area contributed by atoms with Gasteiger partial charge in [-0.05, 0) is 42.5 Å². The van der Waals surface area contributed by atoms with Crippen LogP contribution in [-0.2, 0) is 9.59 Å². The average molecular weight is 394 g/mol. The highest BCUT2D eigenvalue weighted by molar-refractivity contribution is 6.17. The highest BCUT2D eigenvalue weighted by atomic mass is 16.6. The van der Waals surface area contributed by atoms with Crippen molar-refractivity contribution in [3.63, 3.8) is 0 Å². The molecular formula is C21H18N2O6. The van der Waals surface area contributed by atoms with E-state index in [-0.39, 0.29) is 24.6 Å². The molecule has 0 unspecified atom stereocenters. The topological polar surface area (TPSA) is 105 Å². The first kappa shape index (κ1) is 18.7. The van der Waals surface area contributed by atoms with Gasteiger partial charge in [0.1, 0.15) is 18.9 Å². The molecule has 2 aliphatic rings. The molecule has 0 saturated carbocycles. The maximum absolute atomic E-state index is 12.7. The number of aliphatic hydroxyl groups excluding tert-OH is 1. The number of anilines is 1. The molecule has 2 aromatic carbocycles. The Morgan fingerprint density at radius 3 is 2.41 bits per heavy atom. The highest BCUT2D eigenvalue weighted by Crippen LogP contribution is 2.31. The van der Waals surface area contributed by atoms with Crippen LogP contribution in [0.5, 0.6) is 11.5 Å². The van der Waals surface area contributed by atoms with E-state index in [0.29, 0.717) is 41.5 Å². The molecule has 2 aromatic rings. The molecule has 0 radical (unpaired) electrons. The van der Waals surface area contributed by atoms with Crippen LogP contribution in [0.1, 0.15) is 15.9 Å². The van der Waals surface area contributed by atoms with Gasteiger partial charge in [-0.15, -0.1) is 0 Å². The number of hydrogen-bond acceptors (Lipinski definition) is 7. The number of carbonyl (C=O) groups excluding carboxylic acids is 3. The largest absolute Gasteiger partial charge is 0.486 e. The average Bonchev–Trinajstić information content (AvgIpc) is 3.01. The lowest BCUT2D eigenvalue weighted by atomic mass is 10.0. The second-order valence-corrected chi connectivity index (χ2v) is 6.47. The van der Waals surface area contributed by atoms with E-state index in [1.807, 2.05) is 0 Å². The molecule has 2 amide bonds. The third-order valence-electron chi connectivity index (χ3n) is 4.56. The first-order valence-corrected chi connectivity index (χ1v) is 9.06. The number of β-amino-alcohol motifs (C(OH)–C–C–N with tert-alkyl or cyclic N) is 1. The second-order valence-electron chi connectivity index (χ2n) is 6.47. The zero-order valence-corrected chi connectivity index (χ0v) is 15.4. The number of ketones is 1. The first-order chi connectivity index (χ1) is 14.1. The number of fused-ring (bicyclic) bond motifs is 1. The zero-order chi connectivity index (χ0) is 20.4. The molecule has 0 bridgehead atoms. The lowest BCUT2D eigenvalue weighted by Crippen LogP contribution is -2.34. The van der Waals surface area contributed by atoms with E-state index < -0.39 is 11.8 Å². The Hall–Kier alpha value is -3.65. The molecule has 0 saturated heterocycles. The molecule has 29 heavy (non-hydrogen) atoms. The number of imide groups is 1. The first-order valence-electron chi connectivity index (χ1n) is 9.06. The molecule has 2 N–H and O–H groups in total. The summed E-state index contributed by atoms with van der Waals surface area (Å²) in [7, 11) is 0. The maximum Gasteiger partial charge on any atom is 0.277 e. The number of aliphatic hydroxyl groups is 1. The van der Waals surface area contributed by atoms with Crippen molar-refractivity contribution in [3.05, 3.63) is 65.4 Å². The van der Waals surface area contributed by atoms with Crippen molar-refractivity contribution in [1.82, 2.24) is 4.90 Å². The van der Waals surface area contributed by atoms with Crippen LogP contribution in [0.15, 0.2) is 54.2 Å². The van der Waals surface area contributed by atoms with Gasteiger partial charge in [-0.3, -0.25) is 19.3 Å². The predicted molar refractivity (Wildman–Crippen MR) is 103 cm³/mol. The van der Waals surface area contributed by atoms with Crippen LogP contribution in [0.3, 0.4) is 0 Å². The van der Waals surface area contributed by atoms with Gasteiger partial charge < -0.3 is 19.9 Å². The van der Waals surface area contributed by atoms with Crippen molar-refractivity contribution in [1.29, 1.82) is 0 Å². The van der Waals surface area contributed by atoms with Gasteiger partial charge in [0, 0.05) is 22.9 Å². The Labute approximate surface area is 166 Å². The molecule has 8 heteroatoms. The minimum absolute atomic E-state index is 0.0533. The smallest absolute Gasteiger partial charge is 0.277 e. The van der Waals surface area contributed by atoms with Crippen LogP contribution in [0.4, 0.5) is 5.69 Å². The molecule has 148 valence electrons. The van der Waals surface area contributed by atoms with Crippen molar-refractivity contribution in [3.8, 4) is 11.5 Å². The van der Waals surface area contributed by atoms with Crippen LogP contribution in [-0.4, -0.2) is 54.0 Å². The summed E-state index contributed by atoms with van der Waals surface area (Å²) in [6.45, 7) is 0.576. The Kier molecular flexibility index (Phi) is 5.01. The fraction of sp³-hybridized carbons (Fsp3) is 0.190. The van der Waals surface area contributed by atoms with E-state index in [4.69, 9.17) is 14.6 Å². The van der Waals surface area contributed by atoms with Gasteiger partial charge in [-0.2, -0.15) is 0 Å². The van der Waals surface area contributed by atoms with E-state index in [2.05, 4.69) is 5.32 Å². The lowest BCUT2D eigenvalue weighted by molar-refractivity contribution is -0.137. The van der Waals surface area contributed by atoms with E-state index in [1.54, 1.807) is 42.5 Å². The van der Waals surface area contributed by atoms with Gasteiger partial charge >= 0.3 is 0 Å². The van der Waals surface area contributed by atoms with E-state index in [9.17, 15) is 14.4 Å². The standard InChI is InChI=1S/C21H18N2O6/c24-8-7-23-19(25)12-16(21(23)27)22-15-4-1-13(2-5-15)20(26)14-3-6-17-18(11-14)29-10-9-28-17/h1-6,11-12,22,24H,7-10H2. The number of carbonyl (C=O) groups is 3. The predicted octanol–water partition coefficient (Wildman–Crippen LogP) is 1.35. The van der Waals surface area contributed by atoms with Crippen LogP contribution in [0, 0.1) is 0 Å². The van der Waals surface area contributed by atoms with Gasteiger partial charge in [0.05, 0.1) is 13.2 Å². The second kappa shape index (κ2) is 7.76. The lowest BCUT2D eigenvalue weighted by Gasteiger charge is -2.18. The number of nitrogens with zero attached hydrogens (tertiary/aromatic N) is 1. The fourth-order valence-electron chi connectivity index (χ4n) is 3.12. The van der Waals surface area contributed by atoms with Crippen LogP contribution >= 0.6 is 0 Å². The number of amides is 2. The third kappa shape index (κ3) is 3.70. The minimum Gasteiger partial charge on any atom is -0.486 e. The molecule has 0 spiro atoms. The normalized spacial score (nSPS) is 15.3. The maximum atomic E-state index is 12.7. The van der Waals surface area contributed by atoms with Gasteiger partial charge in [-0.25, -0.2) is 0 Å². The quantitative estimate of drug-likeness (QED) is 0.563. The fourth-order valence-corrected chi connectivity index (χ4v) is 3.12. The number of ether oxygens (including phenoxy) is 2. The Balaban J connectivity index is 1.47. The summed E-state index contributed by atoms with van der Waals surface area (Å²) < 4.78 is 11.0. The third-order valence-corrected chi connectivity index (χ3v) is 4.56. The van der Waals surface area contributed by atoms with Gasteiger partial charge in [0.2, 0.25) is 0 Å². The summed E-state index contributed by atoms with van der Waals surface area (Å²) >= 11 is 0. The van der Waals surface area contributed by atoms with Crippen LogP contribution < -0.4 is 14.8 Å². The summed E-state index contributed by atoms with van der Waals surface area (Å²) in [5.41, 5.74) is 1.63. The van der Waals surface area contributed by atoms with Gasteiger partial charge in [0.25, 0.3) is 11.8 Å². The van der Waals surface area contributed by atoms with Crippen molar-refractivity contribution in [2.24, 2.45) is 0 Å². The number of rotatable bonds is 6. The highest BCUT2D eigenvalue weighted by Gasteiger charge is 2.30. The minimum atomic E-state index is -0.500. The monoisotopic (exact) mass is 394 g/mol. The summed E-state index contributed by atoms with van der Waals surface area (Å²) in [5.74, 6) is 0.0160. The Morgan fingerprint density at radius 2 is 1.69 bits per heavy atom. The summed E-state index contributed by atoms with van der Waals surface area (Å²) in [6.07, 6.45) is 1.19. The van der Waals surface area contributed by atoms with Gasteiger partial charge in [0.15, 0.2) is 17.3 Å². The number of benzene rings is 2. The molecule has 2 aliphatic heterocycles. The van der Waals surface area contributed by atoms with Crippen molar-refractivity contribution < 1.29 is 29.0 Å². The van der Waals surface area contributed by atoms with E-state index in [0.717, 1.165) is 4.90 Å². The van der Waals surface area contributed by atoms with Crippen LogP contribution in [0.25, 0.3) is 0 Å². The van der Waals surface area contributed by atoms with E-state index in [1.165, 1.54) is 6.08 Å². The number of nitrogens with one attached hydrogen (secondary N) is 1.